The van der Waals surface area contributed by atoms with Gasteiger partial charge in [-0.3, -0.25) is 0 Å². The average molecular weight is 290 g/mol. The molecule has 0 aliphatic heterocycles. The van der Waals surface area contributed by atoms with E-state index in [-0.39, 0.29) is 31.8 Å². The maximum absolute atomic E-state index is 11.1. The van der Waals surface area contributed by atoms with Gasteiger partial charge in [0.25, 0.3) is 0 Å². The normalized spacial score (nSPS) is 11.9. The molecule has 0 bridgehead atoms. The van der Waals surface area contributed by atoms with Crippen LogP contribution in [-0.2, 0) is 14.3 Å². The van der Waals surface area contributed by atoms with Crippen LogP contribution in [0.3, 0.4) is 0 Å². The lowest BCUT2D eigenvalue weighted by atomic mass is 10.2. The molecule has 0 amide bonds. The van der Waals surface area contributed by atoms with Crippen LogP contribution >= 0.6 is 0 Å². The summed E-state index contributed by atoms with van der Waals surface area (Å²) in [5.41, 5.74) is 0.529. The molecule has 20 heavy (non-hydrogen) atoms. The van der Waals surface area contributed by atoms with Gasteiger partial charge >= 0.3 is 11.9 Å². The van der Waals surface area contributed by atoms with E-state index in [2.05, 4.69) is 11.3 Å². The molecule has 4 N–H and O–H groups in total. The van der Waals surface area contributed by atoms with E-state index in [1.165, 1.54) is 13.0 Å². The maximum Gasteiger partial charge on any atom is 0.333 e. The average Bonchev–Trinajstić information content (AvgIpc) is 2.41. The minimum Gasteiger partial charge on any atom is -0.478 e. The van der Waals surface area contributed by atoms with Gasteiger partial charge in [-0.2, -0.15) is 0 Å². The van der Waals surface area contributed by atoms with Crippen LogP contribution in [0.4, 0.5) is 0 Å². The first kappa shape index (κ1) is 20.6. The van der Waals surface area contributed by atoms with E-state index >= 15 is 0 Å². The standard InChI is InChI=1S/C9H16O5.C4H6O2/c1-7(2-3-8(12)6-11)9(13)14-5-4-10;1-3(2)4(5)6/h2,8,10-12H,3-6H2,1H3;1H2,2H3,(H,5,6). The van der Waals surface area contributed by atoms with Crippen LogP contribution in [0.25, 0.3) is 0 Å². The first-order valence-corrected chi connectivity index (χ1v) is 5.88. The van der Waals surface area contributed by atoms with Crippen molar-refractivity contribution >= 4 is 11.9 Å². The first-order valence-electron chi connectivity index (χ1n) is 5.88. The largest absolute Gasteiger partial charge is 0.478 e. The molecule has 0 saturated heterocycles. The smallest absolute Gasteiger partial charge is 0.333 e. The van der Waals surface area contributed by atoms with E-state index in [1.807, 2.05) is 0 Å². The number of aliphatic hydroxyl groups is 3. The van der Waals surface area contributed by atoms with Crippen LogP contribution in [0.1, 0.15) is 20.3 Å². The summed E-state index contributed by atoms with van der Waals surface area (Å²) in [4.78, 5) is 20.7. The van der Waals surface area contributed by atoms with Gasteiger partial charge in [0, 0.05) is 11.1 Å². The van der Waals surface area contributed by atoms with E-state index in [0.717, 1.165) is 0 Å². The maximum atomic E-state index is 11.1. The molecule has 0 aromatic rings. The summed E-state index contributed by atoms with van der Waals surface area (Å²) in [5, 5.41) is 33.8. The van der Waals surface area contributed by atoms with Gasteiger partial charge in [0.05, 0.1) is 19.3 Å². The van der Waals surface area contributed by atoms with Crippen molar-refractivity contribution in [1.29, 1.82) is 0 Å². The molecule has 1 unspecified atom stereocenters. The van der Waals surface area contributed by atoms with Gasteiger partial charge < -0.3 is 25.2 Å². The third-order valence-corrected chi connectivity index (χ3v) is 1.92. The van der Waals surface area contributed by atoms with Crippen LogP contribution < -0.4 is 0 Å². The Morgan fingerprint density at radius 2 is 1.80 bits per heavy atom. The number of esters is 1. The molecule has 0 aliphatic carbocycles. The number of rotatable bonds is 7. The second kappa shape index (κ2) is 12.3. The molecular weight excluding hydrogens is 268 g/mol. The molecule has 0 spiro atoms. The third-order valence-electron chi connectivity index (χ3n) is 1.92. The van der Waals surface area contributed by atoms with Crippen LogP contribution in [0.2, 0.25) is 0 Å². The Labute approximate surface area is 117 Å². The van der Waals surface area contributed by atoms with Crippen molar-refractivity contribution in [2.24, 2.45) is 0 Å². The van der Waals surface area contributed by atoms with Crippen LogP contribution in [0.15, 0.2) is 23.8 Å². The van der Waals surface area contributed by atoms with E-state index < -0.39 is 18.0 Å². The number of aliphatic carboxylic acids is 1. The molecular formula is C13H22O7. The molecule has 0 heterocycles. The third kappa shape index (κ3) is 12.7. The molecule has 0 aromatic carbocycles. The highest BCUT2D eigenvalue weighted by Gasteiger charge is 2.06. The Hall–Kier alpha value is -1.70. The fraction of sp³-hybridized carbons (Fsp3) is 0.538. The molecule has 0 rings (SSSR count). The minimum atomic E-state index is -0.935. The van der Waals surface area contributed by atoms with Crippen molar-refractivity contribution in [1.82, 2.24) is 0 Å². The number of hydrogen-bond donors (Lipinski definition) is 4. The zero-order valence-corrected chi connectivity index (χ0v) is 11.7. The highest BCUT2D eigenvalue weighted by Crippen LogP contribution is 2.01. The van der Waals surface area contributed by atoms with Gasteiger partial charge in [0.2, 0.25) is 0 Å². The predicted octanol–water partition coefficient (Wildman–Crippen LogP) is -0.141. The molecule has 0 fully saturated rings. The quantitative estimate of drug-likeness (QED) is 0.380. The van der Waals surface area contributed by atoms with E-state index in [0.29, 0.717) is 5.57 Å². The topological polar surface area (TPSA) is 124 Å². The number of carbonyl (C=O) groups is 2. The Kier molecular flexibility index (Phi) is 12.7. The Bertz CT molecular complexity index is 335. The molecule has 0 aromatic heterocycles. The zero-order valence-electron chi connectivity index (χ0n) is 11.7. The van der Waals surface area contributed by atoms with Gasteiger partial charge in [-0.25, -0.2) is 9.59 Å². The summed E-state index contributed by atoms with van der Waals surface area (Å²) in [6, 6.07) is 0. The van der Waals surface area contributed by atoms with Crippen molar-refractivity contribution in [3.8, 4) is 0 Å². The molecule has 0 radical (unpaired) electrons. The summed E-state index contributed by atoms with van der Waals surface area (Å²) in [6.45, 7) is 5.56. The van der Waals surface area contributed by atoms with Gasteiger partial charge in [-0.1, -0.05) is 12.7 Å². The number of aliphatic hydroxyl groups excluding tert-OH is 3. The fourth-order valence-electron chi connectivity index (χ4n) is 0.723. The lowest BCUT2D eigenvalue weighted by Crippen LogP contribution is -2.12. The zero-order chi connectivity index (χ0) is 16.1. The SMILES string of the molecule is C=C(C)C(=O)O.CC(=CCC(O)CO)C(=O)OCCO. The molecule has 116 valence electrons. The van der Waals surface area contributed by atoms with Gasteiger partial charge in [0.1, 0.15) is 6.61 Å². The molecule has 7 heteroatoms. The lowest BCUT2D eigenvalue weighted by molar-refractivity contribution is -0.140. The molecule has 1 atom stereocenters. The molecule has 7 nitrogen and oxygen atoms in total. The van der Waals surface area contributed by atoms with Crippen LogP contribution in [-0.4, -0.2) is 58.3 Å². The summed E-state index contributed by atoms with van der Waals surface area (Å²) < 4.78 is 4.62. The lowest BCUT2D eigenvalue weighted by Gasteiger charge is -2.05. The van der Waals surface area contributed by atoms with Gasteiger partial charge in [0.15, 0.2) is 0 Å². The minimum absolute atomic E-state index is 0.0352. The number of carboxylic acid groups (broad SMARTS) is 1. The Morgan fingerprint density at radius 3 is 2.15 bits per heavy atom. The number of carboxylic acids is 1. The highest BCUT2D eigenvalue weighted by atomic mass is 16.5. The van der Waals surface area contributed by atoms with E-state index in [1.54, 1.807) is 6.92 Å². The van der Waals surface area contributed by atoms with Crippen molar-refractivity contribution < 1.29 is 34.8 Å². The fourth-order valence-corrected chi connectivity index (χ4v) is 0.723. The van der Waals surface area contributed by atoms with Crippen molar-refractivity contribution in [3.05, 3.63) is 23.8 Å². The van der Waals surface area contributed by atoms with E-state index in [4.69, 9.17) is 20.4 Å². The first-order chi connectivity index (χ1) is 9.26. The Balaban J connectivity index is 0. The summed E-state index contributed by atoms with van der Waals surface area (Å²) in [6.07, 6.45) is 0.840. The molecule has 0 saturated carbocycles. The van der Waals surface area contributed by atoms with Crippen molar-refractivity contribution in [3.63, 3.8) is 0 Å². The number of hydrogen-bond acceptors (Lipinski definition) is 6. The number of carbonyl (C=O) groups excluding carboxylic acids is 1. The monoisotopic (exact) mass is 290 g/mol. The second-order valence-electron chi connectivity index (χ2n) is 3.90. The second-order valence-corrected chi connectivity index (χ2v) is 3.90. The van der Waals surface area contributed by atoms with E-state index in [9.17, 15) is 9.59 Å². The number of ether oxygens (including phenoxy) is 1. The Morgan fingerprint density at radius 1 is 1.30 bits per heavy atom. The highest BCUT2D eigenvalue weighted by molar-refractivity contribution is 5.87. The van der Waals surface area contributed by atoms with Crippen molar-refractivity contribution in [2.45, 2.75) is 26.4 Å². The van der Waals surface area contributed by atoms with Crippen LogP contribution in [0.5, 0.6) is 0 Å². The summed E-state index contributed by atoms with van der Waals surface area (Å²) >= 11 is 0. The van der Waals surface area contributed by atoms with Crippen molar-refractivity contribution in [2.75, 3.05) is 19.8 Å². The van der Waals surface area contributed by atoms with Crippen LogP contribution in [0, 0.1) is 0 Å². The van der Waals surface area contributed by atoms with Gasteiger partial charge in [-0.05, 0) is 20.3 Å². The summed E-state index contributed by atoms with van der Waals surface area (Å²) in [5.74, 6) is -1.46. The summed E-state index contributed by atoms with van der Waals surface area (Å²) in [7, 11) is 0. The molecule has 0 aliphatic rings. The predicted molar refractivity (Wildman–Crippen MR) is 72.0 cm³/mol. The van der Waals surface area contributed by atoms with Gasteiger partial charge in [-0.15, -0.1) is 0 Å².